The van der Waals surface area contributed by atoms with Gasteiger partial charge in [0, 0.05) is 45.9 Å². The fourth-order valence-electron chi connectivity index (χ4n) is 4.34. The normalized spacial score (nSPS) is 16.6. The van der Waals surface area contributed by atoms with Gasteiger partial charge in [0.1, 0.15) is 24.0 Å². The smallest absolute Gasteiger partial charge is 0.237 e. The van der Waals surface area contributed by atoms with Crippen molar-refractivity contribution >= 4 is 22.6 Å². The van der Waals surface area contributed by atoms with Crippen molar-refractivity contribution in [3.8, 4) is 17.2 Å². The molecule has 1 amide bonds. The average molecular weight is 388 g/mol. The minimum atomic E-state index is -0.413. The van der Waals surface area contributed by atoms with Crippen molar-refractivity contribution in [2.75, 3.05) is 18.8 Å². The highest BCUT2D eigenvalue weighted by atomic mass is 16.1. The maximum absolute atomic E-state index is 11.7. The molecule has 3 heterocycles. The first kappa shape index (κ1) is 19.0. The van der Waals surface area contributed by atoms with Crippen LogP contribution in [-0.4, -0.2) is 28.5 Å². The molecule has 1 aromatic carbocycles. The lowest BCUT2D eigenvalue weighted by Crippen LogP contribution is -2.29. The number of carbonyl (C=O) groups is 1. The Morgan fingerprint density at radius 3 is 2.90 bits per heavy atom. The average Bonchev–Trinajstić information content (AvgIpc) is 2.99. The summed E-state index contributed by atoms with van der Waals surface area (Å²) >= 11 is 0. The number of para-hydroxylation sites is 1. The summed E-state index contributed by atoms with van der Waals surface area (Å²) in [5.74, 6) is 0.0950. The van der Waals surface area contributed by atoms with Gasteiger partial charge in [-0.2, -0.15) is 5.26 Å². The zero-order chi connectivity index (χ0) is 20.5. The molecule has 0 saturated carbocycles. The number of nitrogens with two attached hydrogens (primary N) is 2. The highest BCUT2D eigenvalue weighted by molar-refractivity contribution is 6.00. The van der Waals surface area contributed by atoms with Crippen LogP contribution in [0.25, 0.3) is 22.0 Å². The van der Waals surface area contributed by atoms with E-state index in [-0.39, 0.29) is 18.3 Å². The van der Waals surface area contributed by atoms with Crippen LogP contribution >= 0.6 is 0 Å². The molecule has 148 valence electrons. The maximum atomic E-state index is 11.7. The van der Waals surface area contributed by atoms with Gasteiger partial charge in [0.15, 0.2) is 0 Å². The third kappa shape index (κ3) is 3.32. The van der Waals surface area contributed by atoms with Crippen LogP contribution in [0, 0.1) is 18.3 Å². The number of nitrogen functional groups attached to an aromatic ring is 1. The highest BCUT2D eigenvalue weighted by Gasteiger charge is 2.24. The van der Waals surface area contributed by atoms with Gasteiger partial charge < -0.3 is 21.4 Å². The van der Waals surface area contributed by atoms with Crippen LogP contribution in [0.1, 0.15) is 35.7 Å². The number of carbonyl (C=O) groups excluding carboxylic acids is 1. The van der Waals surface area contributed by atoms with Crippen molar-refractivity contribution in [3.63, 3.8) is 0 Å². The standard InChI is InChI=1S/C22H24N6O/c1-13-21(15-6-2-3-7-19(15)28(13)12-20(24)29)16-9-18(14-5-4-8-26-11-14)27-22(25)17(16)10-23/h2-3,6-7,9,14,26H,4-5,8,11-12H2,1H3,(H2,24,29)(H2,25,27). The minimum Gasteiger partial charge on any atom is -0.383 e. The van der Waals surface area contributed by atoms with Crippen LogP contribution in [0.2, 0.25) is 0 Å². The van der Waals surface area contributed by atoms with E-state index < -0.39 is 5.91 Å². The van der Waals surface area contributed by atoms with Crippen molar-refractivity contribution in [2.45, 2.75) is 32.2 Å². The Morgan fingerprint density at radius 1 is 1.41 bits per heavy atom. The zero-order valence-electron chi connectivity index (χ0n) is 16.4. The topological polar surface area (TPSA) is 123 Å². The number of anilines is 1. The lowest BCUT2D eigenvalue weighted by Gasteiger charge is -2.23. The molecule has 3 aromatic rings. The van der Waals surface area contributed by atoms with Crippen LogP contribution < -0.4 is 16.8 Å². The summed E-state index contributed by atoms with van der Waals surface area (Å²) in [6.07, 6.45) is 2.12. The number of benzene rings is 1. The Morgan fingerprint density at radius 2 is 2.21 bits per heavy atom. The number of nitrogens with zero attached hydrogens (tertiary/aromatic N) is 3. The molecule has 1 aliphatic heterocycles. The second kappa shape index (κ2) is 7.57. The molecule has 0 spiro atoms. The van der Waals surface area contributed by atoms with Crippen molar-refractivity contribution in [2.24, 2.45) is 5.73 Å². The van der Waals surface area contributed by atoms with Gasteiger partial charge in [-0.25, -0.2) is 4.98 Å². The summed E-state index contributed by atoms with van der Waals surface area (Å²) in [6.45, 7) is 3.88. The van der Waals surface area contributed by atoms with Gasteiger partial charge in [-0.05, 0) is 38.4 Å². The first-order valence-corrected chi connectivity index (χ1v) is 9.79. The number of fused-ring (bicyclic) bond motifs is 1. The third-order valence-electron chi connectivity index (χ3n) is 5.71. The number of nitrogens with one attached hydrogen (secondary N) is 1. The molecular formula is C22H24N6O. The van der Waals surface area contributed by atoms with Gasteiger partial charge >= 0.3 is 0 Å². The highest BCUT2D eigenvalue weighted by Crippen LogP contribution is 2.39. The van der Waals surface area contributed by atoms with Gasteiger partial charge in [-0.15, -0.1) is 0 Å². The van der Waals surface area contributed by atoms with Gasteiger partial charge in [-0.1, -0.05) is 18.2 Å². The van der Waals surface area contributed by atoms with Crippen molar-refractivity contribution in [1.29, 1.82) is 5.26 Å². The lowest BCUT2D eigenvalue weighted by molar-refractivity contribution is -0.118. The molecule has 5 N–H and O–H groups in total. The quantitative estimate of drug-likeness (QED) is 0.633. The Labute approximate surface area is 169 Å². The molecule has 0 bridgehead atoms. The van der Waals surface area contributed by atoms with Gasteiger partial charge in [0.2, 0.25) is 5.91 Å². The van der Waals surface area contributed by atoms with E-state index in [1.165, 1.54) is 0 Å². The second-order valence-corrected chi connectivity index (χ2v) is 7.54. The molecule has 0 aliphatic carbocycles. The van der Waals surface area contributed by atoms with Crippen LogP contribution in [0.5, 0.6) is 0 Å². The van der Waals surface area contributed by atoms with E-state index in [0.717, 1.165) is 59.3 Å². The minimum absolute atomic E-state index is 0.0776. The summed E-state index contributed by atoms with van der Waals surface area (Å²) in [4.78, 5) is 16.2. The first-order chi connectivity index (χ1) is 14.0. The Balaban J connectivity index is 1.98. The van der Waals surface area contributed by atoms with E-state index in [1.807, 2.05) is 41.8 Å². The molecule has 29 heavy (non-hydrogen) atoms. The number of piperidine rings is 1. The number of rotatable bonds is 4. The van der Waals surface area contributed by atoms with E-state index in [4.69, 9.17) is 11.5 Å². The summed E-state index contributed by atoms with van der Waals surface area (Å²) in [5.41, 5.74) is 16.4. The monoisotopic (exact) mass is 388 g/mol. The van der Waals surface area contributed by atoms with E-state index in [0.29, 0.717) is 5.56 Å². The number of aromatic nitrogens is 2. The van der Waals surface area contributed by atoms with Crippen LogP contribution in [0.15, 0.2) is 30.3 Å². The first-order valence-electron chi connectivity index (χ1n) is 9.79. The largest absolute Gasteiger partial charge is 0.383 e. The fourth-order valence-corrected chi connectivity index (χ4v) is 4.34. The molecule has 1 fully saturated rings. The number of primary amides is 1. The number of amides is 1. The summed E-state index contributed by atoms with van der Waals surface area (Å²) in [5, 5.41) is 14.2. The molecule has 4 rings (SSSR count). The van der Waals surface area contributed by atoms with E-state index >= 15 is 0 Å². The third-order valence-corrected chi connectivity index (χ3v) is 5.71. The zero-order valence-corrected chi connectivity index (χ0v) is 16.4. The fraction of sp³-hybridized carbons (Fsp3) is 0.318. The Kier molecular flexibility index (Phi) is 4.95. The predicted octanol–water partition coefficient (Wildman–Crippen LogP) is 2.42. The number of pyridine rings is 1. The SMILES string of the molecule is Cc1c(-c2cc(C3CCCNC3)nc(N)c2C#N)c2ccccc2n1CC(N)=O. The molecule has 1 atom stereocenters. The predicted molar refractivity (Wildman–Crippen MR) is 113 cm³/mol. The van der Waals surface area contributed by atoms with Crippen molar-refractivity contribution < 1.29 is 4.79 Å². The second-order valence-electron chi connectivity index (χ2n) is 7.54. The summed E-state index contributed by atoms with van der Waals surface area (Å²) in [7, 11) is 0. The van der Waals surface area contributed by atoms with E-state index in [9.17, 15) is 10.1 Å². The Bertz CT molecular complexity index is 1130. The molecule has 7 heteroatoms. The lowest BCUT2D eigenvalue weighted by atomic mass is 9.91. The Hall–Kier alpha value is -3.37. The van der Waals surface area contributed by atoms with E-state index in [1.54, 1.807) is 0 Å². The maximum Gasteiger partial charge on any atom is 0.237 e. The van der Waals surface area contributed by atoms with Gasteiger partial charge in [-0.3, -0.25) is 4.79 Å². The van der Waals surface area contributed by atoms with Crippen LogP contribution in [0.3, 0.4) is 0 Å². The number of hydrogen-bond acceptors (Lipinski definition) is 5. The van der Waals surface area contributed by atoms with Crippen LogP contribution in [0.4, 0.5) is 5.82 Å². The van der Waals surface area contributed by atoms with Crippen molar-refractivity contribution in [1.82, 2.24) is 14.9 Å². The summed E-state index contributed by atoms with van der Waals surface area (Å²) in [6, 6.07) is 12.0. The van der Waals surface area contributed by atoms with Crippen molar-refractivity contribution in [3.05, 3.63) is 47.3 Å². The molecule has 2 aromatic heterocycles. The molecule has 0 radical (unpaired) electrons. The molecule has 1 saturated heterocycles. The van der Waals surface area contributed by atoms with E-state index in [2.05, 4.69) is 16.4 Å². The summed E-state index contributed by atoms with van der Waals surface area (Å²) < 4.78 is 1.90. The molecule has 1 aliphatic rings. The number of hydrogen-bond donors (Lipinski definition) is 3. The van der Waals surface area contributed by atoms with Gasteiger partial charge in [0.25, 0.3) is 0 Å². The molecule has 1 unspecified atom stereocenters. The molecular weight excluding hydrogens is 364 g/mol. The molecule has 7 nitrogen and oxygen atoms in total. The number of nitriles is 1. The van der Waals surface area contributed by atoms with Gasteiger partial charge in [0.05, 0.1) is 0 Å². The van der Waals surface area contributed by atoms with Crippen LogP contribution in [-0.2, 0) is 11.3 Å².